The number of nitro groups is 1. The molecule has 0 saturated heterocycles. The second kappa shape index (κ2) is 5.18. The van der Waals surface area contributed by atoms with Gasteiger partial charge in [0.2, 0.25) is 5.75 Å². The third-order valence-corrected chi connectivity index (χ3v) is 1.33. The number of hydrogen-bond acceptors (Lipinski definition) is 4. The average molecular weight is 217 g/mol. The molecule has 0 amide bonds. The molecule has 0 heterocycles. The molecule has 1 rings (SSSR count). The Morgan fingerprint density at radius 2 is 2.07 bits per heavy atom. The second-order valence-corrected chi connectivity index (χ2v) is 2.38. The molecule has 76 valence electrons. The predicted octanol–water partition coefficient (Wildman–Crippen LogP) is 2.39. The molecule has 1 N–H and O–H groups in total. The Hall–Kier alpha value is -1.62. The van der Waals surface area contributed by atoms with E-state index in [9.17, 15) is 10.1 Å². The van der Waals surface area contributed by atoms with Crippen molar-refractivity contribution in [2.45, 2.75) is 6.92 Å². The highest BCUT2D eigenvalue weighted by Crippen LogP contribution is 2.25. The number of halogens is 1. The molecule has 5 nitrogen and oxygen atoms in total. The number of para-hydroxylation sites is 2. The van der Waals surface area contributed by atoms with E-state index in [2.05, 4.69) is 0 Å². The average Bonchev–Trinajstić information content (AvgIpc) is 2.03. The Labute approximate surface area is 86.8 Å². The van der Waals surface area contributed by atoms with Crippen molar-refractivity contribution in [3.8, 4) is 5.75 Å². The van der Waals surface area contributed by atoms with Gasteiger partial charge in [-0.15, -0.1) is 12.4 Å². The molecule has 0 aliphatic carbocycles. The quantitative estimate of drug-likeness (QED) is 0.357. The molecule has 0 atom stereocenters. The van der Waals surface area contributed by atoms with Gasteiger partial charge in [0.05, 0.1) is 4.92 Å². The summed E-state index contributed by atoms with van der Waals surface area (Å²) in [4.78, 5) is 9.91. The third-order valence-electron chi connectivity index (χ3n) is 1.33. The minimum absolute atomic E-state index is 0. The van der Waals surface area contributed by atoms with Gasteiger partial charge in [-0.1, -0.05) is 12.1 Å². The molecule has 0 bridgehead atoms. The van der Waals surface area contributed by atoms with Gasteiger partial charge in [0.1, 0.15) is 0 Å². The zero-order valence-electron chi connectivity index (χ0n) is 7.39. The van der Waals surface area contributed by atoms with Gasteiger partial charge in [0.15, 0.2) is 5.90 Å². The first-order chi connectivity index (χ1) is 6.11. The molecular formula is C8H9ClN2O3. The number of nitro benzene ring substituents is 1. The van der Waals surface area contributed by atoms with Crippen LogP contribution in [0.15, 0.2) is 24.3 Å². The first-order valence-corrected chi connectivity index (χ1v) is 3.57. The lowest BCUT2D eigenvalue weighted by atomic mass is 10.3. The van der Waals surface area contributed by atoms with Gasteiger partial charge < -0.3 is 4.74 Å². The van der Waals surface area contributed by atoms with Crippen molar-refractivity contribution < 1.29 is 9.66 Å². The van der Waals surface area contributed by atoms with Crippen molar-refractivity contribution in [3.63, 3.8) is 0 Å². The number of benzene rings is 1. The van der Waals surface area contributed by atoms with E-state index in [1.807, 2.05) is 0 Å². The van der Waals surface area contributed by atoms with Crippen LogP contribution in [0.2, 0.25) is 0 Å². The molecule has 1 aromatic rings. The minimum atomic E-state index is -0.543. The van der Waals surface area contributed by atoms with Crippen LogP contribution in [0.5, 0.6) is 5.75 Å². The van der Waals surface area contributed by atoms with Crippen molar-refractivity contribution in [3.05, 3.63) is 34.4 Å². The number of rotatable bonds is 2. The van der Waals surface area contributed by atoms with E-state index in [4.69, 9.17) is 10.1 Å². The summed E-state index contributed by atoms with van der Waals surface area (Å²) < 4.78 is 4.85. The van der Waals surface area contributed by atoms with E-state index in [0.717, 1.165) is 0 Å². The molecule has 0 radical (unpaired) electrons. The summed E-state index contributed by atoms with van der Waals surface area (Å²) in [7, 11) is 0. The first kappa shape index (κ1) is 12.4. The van der Waals surface area contributed by atoms with Gasteiger partial charge in [-0.25, -0.2) is 0 Å². The molecule has 0 aromatic heterocycles. The Bertz CT molecular complexity index is 354. The summed E-state index contributed by atoms with van der Waals surface area (Å²) in [6, 6.07) is 5.95. The lowest BCUT2D eigenvalue weighted by molar-refractivity contribution is -0.385. The largest absolute Gasteiger partial charge is 0.437 e. The van der Waals surface area contributed by atoms with Gasteiger partial charge in [-0.2, -0.15) is 0 Å². The number of nitrogens with zero attached hydrogens (tertiary/aromatic N) is 1. The third kappa shape index (κ3) is 3.02. The van der Waals surface area contributed by atoms with Crippen LogP contribution in [0.4, 0.5) is 5.69 Å². The predicted molar refractivity (Wildman–Crippen MR) is 54.4 cm³/mol. The van der Waals surface area contributed by atoms with Gasteiger partial charge in [-0.3, -0.25) is 15.5 Å². The Balaban J connectivity index is 0.00000169. The van der Waals surface area contributed by atoms with E-state index in [1.54, 1.807) is 12.1 Å². The summed E-state index contributed by atoms with van der Waals surface area (Å²) in [5.41, 5.74) is -0.130. The maximum Gasteiger partial charge on any atom is 0.311 e. The maximum absolute atomic E-state index is 10.5. The molecule has 0 aliphatic heterocycles. The Morgan fingerprint density at radius 3 is 2.57 bits per heavy atom. The summed E-state index contributed by atoms with van der Waals surface area (Å²) in [5, 5.41) is 17.5. The van der Waals surface area contributed by atoms with E-state index in [0.29, 0.717) is 0 Å². The van der Waals surface area contributed by atoms with E-state index >= 15 is 0 Å². The molecule has 6 heteroatoms. The lowest BCUT2D eigenvalue weighted by Gasteiger charge is -2.02. The van der Waals surface area contributed by atoms with Crippen LogP contribution in [0.25, 0.3) is 0 Å². The maximum atomic E-state index is 10.5. The molecule has 0 aliphatic rings. The number of hydrogen-bond donors (Lipinski definition) is 1. The second-order valence-electron chi connectivity index (χ2n) is 2.38. The van der Waals surface area contributed by atoms with Crippen molar-refractivity contribution >= 4 is 24.0 Å². The van der Waals surface area contributed by atoms with Crippen LogP contribution in [0, 0.1) is 15.5 Å². The zero-order chi connectivity index (χ0) is 9.84. The highest BCUT2D eigenvalue weighted by Gasteiger charge is 2.13. The monoisotopic (exact) mass is 216 g/mol. The van der Waals surface area contributed by atoms with Crippen LogP contribution < -0.4 is 4.74 Å². The summed E-state index contributed by atoms with van der Waals surface area (Å²) in [6.07, 6.45) is 0. The van der Waals surface area contributed by atoms with Crippen LogP contribution in [-0.4, -0.2) is 10.8 Å². The molecular weight excluding hydrogens is 208 g/mol. The van der Waals surface area contributed by atoms with Crippen molar-refractivity contribution in [2.75, 3.05) is 0 Å². The number of ether oxygens (including phenoxy) is 1. The smallest absolute Gasteiger partial charge is 0.311 e. The van der Waals surface area contributed by atoms with Crippen molar-refractivity contribution in [1.82, 2.24) is 0 Å². The van der Waals surface area contributed by atoms with Crippen LogP contribution in [0.1, 0.15) is 6.92 Å². The van der Waals surface area contributed by atoms with Crippen LogP contribution >= 0.6 is 12.4 Å². The van der Waals surface area contributed by atoms with E-state index in [1.165, 1.54) is 19.1 Å². The van der Waals surface area contributed by atoms with Gasteiger partial charge in [0.25, 0.3) is 0 Å². The summed E-state index contributed by atoms with van der Waals surface area (Å²) >= 11 is 0. The molecule has 0 unspecified atom stereocenters. The van der Waals surface area contributed by atoms with Crippen molar-refractivity contribution in [2.24, 2.45) is 0 Å². The van der Waals surface area contributed by atoms with E-state index in [-0.39, 0.29) is 29.7 Å². The van der Waals surface area contributed by atoms with Gasteiger partial charge in [0, 0.05) is 13.0 Å². The molecule has 1 aromatic carbocycles. The van der Waals surface area contributed by atoms with Crippen molar-refractivity contribution in [1.29, 1.82) is 5.41 Å². The molecule has 0 saturated carbocycles. The fourth-order valence-corrected chi connectivity index (χ4v) is 0.859. The Morgan fingerprint density at radius 1 is 1.50 bits per heavy atom. The minimum Gasteiger partial charge on any atom is -0.437 e. The fraction of sp³-hybridized carbons (Fsp3) is 0.125. The lowest BCUT2D eigenvalue weighted by Crippen LogP contribution is -2.02. The topological polar surface area (TPSA) is 76.2 Å². The van der Waals surface area contributed by atoms with Crippen LogP contribution in [-0.2, 0) is 0 Å². The summed E-state index contributed by atoms with van der Waals surface area (Å²) in [6.45, 7) is 1.41. The Kier molecular flexibility index (Phi) is 4.58. The van der Waals surface area contributed by atoms with Crippen LogP contribution in [0.3, 0.4) is 0 Å². The molecule has 14 heavy (non-hydrogen) atoms. The fourth-order valence-electron chi connectivity index (χ4n) is 0.859. The first-order valence-electron chi connectivity index (χ1n) is 3.57. The standard InChI is InChI=1S/C8H8N2O3.ClH/c1-6(9)13-8-5-3-2-4-7(8)10(11)12;/h2-5,9H,1H3;1H. The highest BCUT2D eigenvalue weighted by atomic mass is 35.5. The molecule has 0 fully saturated rings. The van der Waals surface area contributed by atoms with E-state index < -0.39 is 4.92 Å². The highest BCUT2D eigenvalue weighted by molar-refractivity contribution is 5.85. The van der Waals surface area contributed by atoms with Gasteiger partial charge >= 0.3 is 5.69 Å². The van der Waals surface area contributed by atoms with Gasteiger partial charge in [-0.05, 0) is 6.07 Å². The zero-order valence-corrected chi connectivity index (χ0v) is 8.21. The summed E-state index contributed by atoms with van der Waals surface area (Å²) in [5.74, 6) is 0.0225. The molecule has 0 spiro atoms. The SMILES string of the molecule is CC(=N)Oc1ccccc1[N+](=O)[O-].Cl. The number of nitrogens with one attached hydrogen (secondary N) is 1. The normalized spacial score (nSPS) is 8.64.